The Labute approximate surface area is 172 Å². The lowest BCUT2D eigenvalue weighted by Crippen LogP contribution is -2.40. The predicted molar refractivity (Wildman–Crippen MR) is 114 cm³/mol. The number of hydrogen-bond donors (Lipinski definition) is 1. The number of rotatable bonds is 6. The predicted octanol–water partition coefficient (Wildman–Crippen LogP) is 2.96. The molecule has 1 fully saturated rings. The van der Waals surface area contributed by atoms with E-state index in [0.29, 0.717) is 24.2 Å². The highest BCUT2D eigenvalue weighted by Crippen LogP contribution is 2.20. The average molecular weight is 395 g/mol. The van der Waals surface area contributed by atoms with Crippen LogP contribution in [-0.4, -0.2) is 59.3 Å². The van der Waals surface area contributed by atoms with Gasteiger partial charge in [-0.15, -0.1) is 0 Å². The van der Waals surface area contributed by atoms with Crippen LogP contribution in [0.3, 0.4) is 0 Å². The lowest BCUT2D eigenvalue weighted by molar-refractivity contribution is 0.0642. The number of nitrogens with zero attached hydrogens (tertiary/aromatic N) is 3. The van der Waals surface area contributed by atoms with E-state index in [4.69, 9.17) is 0 Å². The normalized spacial score (nSPS) is 16.7. The molecule has 1 unspecified atom stereocenters. The van der Waals surface area contributed by atoms with Crippen molar-refractivity contribution in [3.05, 3.63) is 65.5 Å². The van der Waals surface area contributed by atoms with Crippen molar-refractivity contribution in [3.8, 4) is 0 Å². The Hall–Kier alpha value is -2.73. The quantitative estimate of drug-likeness (QED) is 0.818. The van der Waals surface area contributed by atoms with Gasteiger partial charge < -0.3 is 15.1 Å². The van der Waals surface area contributed by atoms with Crippen LogP contribution in [0.25, 0.3) is 0 Å². The first-order valence-corrected chi connectivity index (χ1v) is 10.4. The highest BCUT2D eigenvalue weighted by atomic mass is 16.2. The van der Waals surface area contributed by atoms with E-state index in [1.807, 2.05) is 30.0 Å². The molecule has 154 valence electrons. The van der Waals surface area contributed by atoms with Crippen molar-refractivity contribution >= 4 is 11.8 Å². The van der Waals surface area contributed by atoms with Crippen LogP contribution in [0, 0.1) is 0 Å². The molecule has 1 saturated heterocycles. The van der Waals surface area contributed by atoms with Gasteiger partial charge in [0.05, 0.1) is 12.2 Å². The van der Waals surface area contributed by atoms with Crippen molar-refractivity contribution in [2.24, 2.45) is 0 Å². The summed E-state index contributed by atoms with van der Waals surface area (Å²) in [5.74, 6) is -0.117. The molecule has 1 N–H and O–H groups in total. The Bertz CT molecular complexity index is 817. The molecule has 0 spiro atoms. The van der Waals surface area contributed by atoms with Crippen LogP contribution in [0.15, 0.2) is 48.7 Å². The zero-order valence-corrected chi connectivity index (χ0v) is 17.3. The Morgan fingerprint density at radius 2 is 1.86 bits per heavy atom. The van der Waals surface area contributed by atoms with Gasteiger partial charge in [0, 0.05) is 37.0 Å². The molecule has 3 rings (SSSR count). The third kappa shape index (κ3) is 5.41. The van der Waals surface area contributed by atoms with Crippen LogP contribution >= 0.6 is 0 Å². The van der Waals surface area contributed by atoms with Gasteiger partial charge in [-0.25, -0.2) is 0 Å². The second-order valence-electron chi connectivity index (χ2n) is 7.49. The highest BCUT2D eigenvalue weighted by molar-refractivity contribution is 5.99. The minimum Gasteiger partial charge on any atom is -0.342 e. The first kappa shape index (κ1) is 21.0. The number of carbonyl (C=O) groups excluding carboxylic acids is 2. The van der Waals surface area contributed by atoms with Crippen LogP contribution in [0.4, 0.5) is 0 Å². The molecule has 0 bridgehead atoms. The lowest BCUT2D eigenvalue weighted by Gasteiger charge is -2.31. The summed E-state index contributed by atoms with van der Waals surface area (Å²) in [5, 5.41) is 3.41. The van der Waals surface area contributed by atoms with Crippen molar-refractivity contribution < 1.29 is 9.59 Å². The summed E-state index contributed by atoms with van der Waals surface area (Å²) in [7, 11) is 1.77. The molecule has 0 saturated carbocycles. The molecule has 2 amide bonds. The summed E-state index contributed by atoms with van der Waals surface area (Å²) in [6, 6.07) is 13.0. The number of amides is 2. The molecule has 1 aliphatic rings. The summed E-state index contributed by atoms with van der Waals surface area (Å²) in [6.45, 7) is 4.91. The number of benzene rings is 1. The Kier molecular flexibility index (Phi) is 7.36. The fourth-order valence-corrected chi connectivity index (χ4v) is 3.66. The molecule has 2 heterocycles. The molecule has 1 aromatic carbocycles. The number of pyridine rings is 1. The zero-order valence-electron chi connectivity index (χ0n) is 17.3. The molecular weight excluding hydrogens is 364 g/mol. The Balaban J connectivity index is 1.88. The number of aromatic nitrogens is 1. The molecule has 29 heavy (non-hydrogen) atoms. The molecule has 2 aromatic rings. The van der Waals surface area contributed by atoms with E-state index in [1.165, 1.54) is 0 Å². The Morgan fingerprint density at radius 1 is 1.07 bits per heavy atom. The highest BCUT2D eigenvalue weighted by Gasteiger charge is 2.26. The molecule has 6 nitrogen and oxygen atoms in total. The van der Waals surface area contributed by atoms with Gasteiger partial charge in [0.25, 0.3) is 11.8 Å². The van der Waals surface area contributed by atoms with E-state index in [2.05, 4.69) is 10.3 Å². The van der Waals surface area contributed by atoms with Crippen LogP contribution in [-0.2, 0) is 6.54 Å². The standard InChI is InChI=1S/C23H30N4O2/c1-3-26(2)22(28)18-8-6-9-19(16-18)23(29)27(17-20-10-4-5-14-25-20)21-11-7-13-24-15-12-21/h4-6,8-10,14,16,21,24H,3,7,11-13,15,17H2,1-2H3. The first-order chi connectivity index (χ1) is 14.1. The van der Waals surface area contributed by atoms with Crippen molar-refractivity contribution in [2.45, 2.75) is 38.8 Å². The van der Waals surface area contributed by atoms with Gasteiger partial charge in [-0.3, -0.25) is 14.6 Å². The summed E-state index contributed by atoms with van der Waals surface area (Å²) in [4.78, 5) is 34.1. The van der Waals surface area contributed by atoms with Gasteiger partial charge in [0.15, 0.2) is 0 Å². The molecule has 1 aromatic heterocycles. The summed E-state index contributed by atoms with van der Waals surface area (Å²) >= 11 is 0. The van der Waals surface area contributed by atoms with Gasteiger partial charge in [0.2, 0.25) is 0 Å². The topological polar surface area (TPSA) is 65.5 Å². The first-order valence-electron chi connectivity index (χ1n) is 10.4. The van der Waals surface area contributed by atoms with E-state index < -0.39 is 0 Å². The van der Waals surface area contributed by atoms with Crippen molar-refractivity contribution in [1.82, 2.24) is 20.1 Å². The molecule has 0 aliphatic carbocycles. The van der Waals surface area contributed by atoms with Gasteiger partial charge in [0.1, 0.15) is 0 Å². The maximum atomic E-state index is 13.5. The van der Waals surface area contributed by atoms with Gasteiger partial charge in [-0.1, -0.05) is 12.1 Å². The van der Waals surface area contributed by atoms with Crippen LogP contribution < -0.4 is 5.32 Å². The third-order valence-corrected chi connectivity index (χ3v) is 5.48. The smallest absolute Gasteiger partial charge is 0.254 e. The maximum Gasteiger partial charge on any atom is 0.254 e. The van der Waals surface area contributed by atoms with Gasteiger partial charge >= 0.3 is 0 Å². The zero-order chi connectivity index (χ0) is 20.6. The van der Waals surface area contributed by atoms with E-state index >= 15 is 0 Å². The minimum atomic E-state index is -0.0721. The number of carbonyl (C=O) groups is 2. The Morgan fingerprint density at radius 3 is 2.59 bits per heavy atom. The summed E-state index contributed by atoms with van der Waals surface area (Å²) < 4.78 is 0. The maximum absolute atomic E-state index is 13.5. The monoisotopic (exact) mass is 394 g/mol. The van der Waals surface area contributed by atoms with Crippen molar-refractivity contribution in [3.63, 3.8) is 0 Å². The average Bonchev–Trinajstić information content (AvgIpc) is 3.06. The van der Waals surface area contributed by atoms with Crippen molar-refractivity contribution in [2.75, 3.05) is 26.7 Å². The van der Waals surface area contributed by atoms with E-state index in [1.54, 1.807) is 42.4 Å². The van der Waals surface area contributed by atoms with Crippen LogP contribution in [0.5, 0.6) is 0 Å². The SMILES string of the molecule is CCN(C)C(=O)c1cccc(C(=O)N(Cc2ccccn2)C2CCCNCC2)c1. The third-order valence-electron chi connectivity index (χ3n) is 5.48. The molecule has 1 aliphatic heterocycles. The van der Waals surface area contributed by atoms with E-state index in [9.17, 15) is 9.59 Å². The second-order valence-corrected chi connectivity index (χ2v) is 7.49. The molecule has 1 atom stereocenters. The van der Waals surface area contributed by atoms with E-state index in [-0.39, 0.29) is 17.9 Å². The second kappa shape index (κ2) is 10.2. The fraction of sp³-hybridized carbons (Fsp3) is 0.435. The summed E-state index contributed by atoms with van der Waals surface area (Å²) in [6.07, 6.45) is 4.67. The van der Waals surface area contributed by atoms with Crippen LogP contribution in [0.2, 0.25) is 0 Å². The molecular formula is C23H30N4O2. The molecule has 6 heteroatoms. The van der Waals surface area contributed by atoms with E-state index in [0.717, 1.165) is 38.0 Å². The summed E-state index contributed by atoms with van der Waals surface area (Å²) in [5.41, 5.74) is 1.96. The van der Waals surface area contributed by atoms with Gasteiger partial charge in [-0.05, 0) is 69.6 Å². The number of nitrogens with one attached hydrogen (secondary N) is 1. The largest absolute Gasteiger partial charge is 0.342 e. The fourth-order valence-electron chi connectivity index (χ4n) is 3.66. The molecule has 0 radical (unpaired) electrons. The van der Waals surface area contributed by atoms with Crippen molar-refractivity contribution in [1.29, 1.82) is 0 Å². The number of hydrogen-bond acceptors (Lipinski definition) is 4. The van der Waals surface area contributed by atoms with Gasteiger partial charge in [-0.2, -0.15) is 0 Å². The van der Waals surface area contributed by atoms with Crippen LogP contribution in [0.1, 0.15) is 52.6 Å². The lowest BCUT2D eigenvalue weighted by atomic mass is 10.0. The minimum absolute atomic E-state index is 0.0450.